The fourth-order valence-corrected chi connectivity index (χ4v) is 1.35. The standard InChI is InChI=1S/C9H16N2O3/c1-6(12)4-5-10-7-2-3-8(13)11-9(7)14/h6-7,10,12H,2-5H2,1H3,(H,11,13,14). The van der Waals surface area contributed by atoms with Gasteiger partial charge in [-0.25, -0.2) is 0 Å². The molecule has 0 radical (unpaired) electrons. The third-order valence-corrected chi connectivity index (χ3v) is 2.19. The Labute approximate surface area is 82.9 Å². The summed E-state index contributed by atoms with van der Waals surface area (Å²) in [5.74, 6) is -0.463. The highest BCUT2D eigenvalue weighted by Gasteiger charge is 2.25. The van der Waals surface area contributed by atoms with Gasteiger partial charge in [-0.2, -0.15) is 0 Å². The molecule has 2 unspecified atom stereocenters. The highest BCUT2D eigenvalue weighted by atomic mass is 16.3. The van der Waals surface area contributed by atoms with Gasteiger partial charge in [0.05, 0.1) is 12.1 Å². The number of imide groups is 1. The lowest BCUT2D eigenvalue weighted by Gasteiger charge is -2.22. The largest absolute Gasteiger partial charge is 0.393 e. The van der Waals surface area contributed by atoms with Gasteiger partial charge in [-0.05, 0) is 26.3 Å². The van der Waals surface area contributed by atoms with Crippen LogP contribution in [0.25, 0.3) is 0 Å². The summed E-state index contributed by atoms with van der Waals surface area (Å²) in [6.45, 7) is 2.29. The normalized spacial score (nSPS) is 24.6. The van der Waals surface area contributed by atoms with Crippen molar-refractivity contribution >= 4 is 11.8 Å². The Morgan fingerprint density at radius 1 is 1.64 bits per heavy atom. The summed E-state index contributed by atoms with van der Waals surface area (Å²) in [5.41, 5.74) is 0. The van der Waals surface area contributed by atoms with E-state index in [0.29, 0.717) is 25.8 Å². The van der Waals surface area contributed by atoms with E-state index in [2.05, 4.69) is 10.6 Å². The summed E-state index contributed by atoms with van der Waals surface area (Å²) in [4.78, 5) is 22.0. The smallest absolute Gasteiger partial charge is 0.243 e. The first kappa shape index (κ1) is 11.1. The predicted octanol–water partition coefficient (Wildman–Crippen LogP) is -0.848. The molecule has 0 aromatic carbocycles. The minimum atomic E-state index is -0.365. The second kappa shape index (κ2) is 5.07. The Kier molecular flexibility index (Phi) is 4.03. The van der Waals surface area contributed by atoms with E-state index in [-0.39, 0.29) is 24.0 Å². The molecular formula is C9H16N2O3. The molecule has 5 nitrogen and oxygen atoms in total. The van der Waals surface area contributed by atoms with Gasteiger partial charge in [0.1, 0.15) is 0 Å². The molecule has 1 fully saturated rings. The van der Waals surface area contributed by atoms with E-state index in [1.165, 1.54) is 0 Å². The molecule has 2 atom stereocenters. The molecule has 14 heavy (non-hydrogen) atoms. The quantitative estimate of drug-likeness (QED) is 0.517. The highest BCUT2D eigenvalue weighted by molar-refractivity contribution is 6.00. The molecule has 0 aromatic heterocycles. The summed E-state index contributed by atoms with van der Waals surface area (Å²) < 4.78 is 0. The molecule has 0 aromatic rings. The maximum atomic E-state index is 11.2. The molecule has 1 heterocycles. The van der Waals surface area contributed by atoms with Crippen molar-refractivity contribution in [3.8, 4) is 0 Å². The number of aliphatic hydroxyl groups excluding tert-OH is 1. The predicted molar refractivity (Wildman–Crippen MR) is 50.5 cm³/mol. The van der Waals surface area contributed by atoms with Crippen LogP contribution in [0.5, 0.6) is 0 Å². The average Bonchev–Trinajstić information content (AvgIpc) is 2.08. The van der Waals surface area contributed by atoms with E-state index in [0.717, 1.165) is 0 Å². The molecule has 80 valence electrons. The van der Waals surface area contributed by atoms with Crippen molar-refractivity contribution in [2.75, 3.05) is 6.54 Å². The minimum Gasteiger partial charge on any atom is -0.393 e. The molecule has 2 amide bonds. The number of amides is 2. The Morgan fingerprint density at radius 2 is 2.36 bits per heavy atom. The van der Waals surface area contributed by atoms with Gasteiger partial charge in [-0.1, -0.05) is 0 Å². The Morgan fingerprint density at radius 3 is 2.93 bits per heavy atom. The first-order valence-electron chi connectivity index (χ1n) is 4.84. The first-order chi connectivity index (χ1) is 6.59. The van der Waals surface area contributed by atoms with Crippen molar-refractivity contribution in [2.45, 2.75) is 38.3 Å². The van der Waals surface area contributed by atoms with Crippen molar-refractivity contribution in [1.29, 1.82) is 0 Å². The number of nitrogens with one attached hydrogen (secondary N) is 2. The van der Waals surface area contributed by atoms with E-state index >= 15 is 0 Å². The molecule has 1 aliphatic heterocycles. The van der Waals surface area contributed by atoms with Gasteiger partial charge >= 0.3 is 0 Å². The second-order valence-electron chi connectivity index (χ2n) is 3.60. The van der Waals surface area contributed by atoms with Crippen molar-refractivity contribution in [3.63, 3.8) is 0 Å². The van der Waals surface area contributed by atoms with E-state index in [1.54, 1.807) is 6.92 Å². The zero-order valence-electron chi connectivity index (χ0n) is 8.25. The molecule has 0 bridgehead atoms. The minimum absolute atomic E-state index is 0.205. The van der Waals surface area contributed by atoms with Crippen molar-refractivity contribution in [3.05, 3.63) is 0 Å². The Bertz CT molecular complexity index is 228. The molecule has 1 rings (SSSR count). The summed E-state index contributed by atoms with van der Waals surface area (Å²) in [6.07, 6.45) is 1.18. The van der Waals surface area contributed by atoms with Crippen LogP contribution >= 0.6 is 0 Å². The third-order valence-electron chi connectivity index (χ3n) is 2.19. The van der Waals surface area contributed by atoms with Gasteiger partial charge in [0, 0.05) is 6.42 Å². The van der Waals surface area contributed by atoms with E-state index in [1.807, 2.05) is 0 Å². The summed E-state index contributed by atoms with van der Waals surface area (Å²) in [6, 6.07) is -0.286. The first-order valence-corrected chi connectivity index (χ1v) is 4.84. The SMILES string of the molecule is CC(O)CCNC1CCC(=O)NC1=O. The van der Waals surface area contributed by atoms with E-state index in [9.17, 15) is 9.59 Å². The number of carbonyl (C=O) groups is 2. The lowest BCUT2D eigenvalue weighted by Crippen LogP contribution is -2.51. The number of rotatable bonds is 4. The summed E-state index contributed by atoms with van der Waals surface area (Å²) in [7, 11) is 0. The van der Waals surface area contributed by atoms with Crippen molar-refractivity contribution in [1.82, 2.24) is 10.6 Å². The van der Waals surface area contributed by atoms with Gasteiger partial charge in [-0.3, -0.25) is 14.9 Å². The Balaban J connectivity index is 2.24. The fourth-order valence-electron chi connectivity index (χ4n) is 1.35. The zero-order chi connectivity index (χ0) is 10.6. The molecule has 0 saturated carbocycles. The number of carbonyl (C=O) groups excluding carboxylic acids is 2. The zero-order valence-corrected chi connectivity index (χ0v) is 8.25. The lowest BCUT2D eigenvalue weighted by molar-refractivity contribution is -0.134. The van der Waals surface area contributed by atoms with Gasteiger partial charge in [0.25, 0.3) is 0 Å². The third kappa shape index (κ3) is 3.43. The molecule has 0 spiro atoms. The van der Waals surface area contributed by atoms with E-state index < -0.39 is 0 Å². The molecule has 1 aliphatic rings. The van der Waals surface area contributed by atoms with Crippen molar-refractivity contribution < 1.29 is 14.7 Å². The van der Waals surface area contributed by atoms with Crippen LogP contribution in [0.15, 0.2) is 0 Å². The maximum Gasteiger partial charge on any atom is 0.243 e. The monoisotopic (exact) mass is 200 g/mol. The lowest BCUT2D eigenvalue weighted by atomic mass is 10.1. The molecule has 1 saturated heterocycles. The van der Waals surface area contributed by atoms with Crippen LogP contribution in [0.4, 0.5) is 0 Å². The van der Waals surface area contributed by atoms with Crippen LogP contribution in [0, 0.1) is 0 Å². The number of hydrogen-bond donors (Lipinski definition) is 3. The van der Waals surface area contributed by atoms with Crippen LogP contribution in [0.2, 0.25) is 0 Å². The average molecular weight is 200 g/mol. The Hall–Kier alpha value is -0.940. The second-order valence-corrected chi connectivity index (χ2v) is 3.60. The van der Waals surface area contributed by atoms with Crippen LogP contribution in [-0.2, 0) is 9.59 Å². The molecule has 3 N–H and O–H groups in total. The van der Waals surface area contributed by atoms with Crippen LogP contribution in [-0.4, -0.2) is 35.6 Å². The molecule has 0 aliphatic carbocycles. The number of hydrogen-bond acceptors (Lipinski definition) is 4. The number of aliphatic hydroxyl groups is 1. The van der Waals surface area contributed by atoms with Gasteiger partial charge in [0.2, 0.25) is 11.8 Å². The van der Waals surface area contributed by atoms with Crippen LogP contribution in [0.1, 0.15) is 26.2 Å². The van der Waals surface area contributed by atoms with Crippen LogP contribution < -0.4 is 10.6 Å². The number of piperidine rings is 1. The summed E-state index contributed by atoms with van der Waals surface area (Å²) in [5, 5.41) is 14.3. The van der Waals surface area contributed by atoms with Crippen LogP contribution in [0.3, 0.4) is 0 Å². The van der Waals surface area contributed by atoms with E-state index in [4.69, 9.17) is 5.11 Å². The van der Waals surface area contributed by atoms with Crippen molar-refractivity contribution in [2.24, 2.45) is 0 Å². The maximum absolute atomic E-state index is 11.2. The molecule has 5 heteroatoms. The summed E-state index contributed by atoms with van der Waals surface area (Å²) >= 11 is 0. The van der Waals surface area contributed by atoms with Gasteiger partial charge in [0.15, 0.2) is 0 Å². The fraction of sp³-hybridized carbons (Fsp3) is 0.778. The van der Waals surface area contributed by atoms with Gasteiger partial charge < -0.3 is 10.4 Å². The molecular weight excluding hydrogens is 184 g/mol. The van der Waals surface area contributed by atoms with Gasteiger partial charge in [-0.15, -0.1) is 0 Å². The highest BCUT2D eigenvalue weighted by Crippen LogP contribution is 2.04. The topological polar surface area (TPSA) is 78.4 Å².